The molecule has 1 atom stereocenters. The minimum absolute atomic E-state index is 0.481. The fourth-order valence-electron chi connectivity index (χ4n) is 2.53. The average molecular weight is 271 g/mol. The van der Waals surface area contributed by atoms with Gasteiger partial charge in [0.05, 0.1) is 6.10 Å². The van der Waals surface area contributed by atoms with Gasteiger partial charge in [-0.05, 0) is 55.5 Å². The fourth-order valence-corrected chi connectivity index (χ4v) is 3.56. The topological polar surface area (TPSA) is 33.1 Å². The zero-order valence-electron chi connectivity index (χ0n) is 11.0. The van der Waals surface area contributed by atoms with E-state index in [9.17, 15) is 5.11 Å². The Kier molecular flexibility index (Phi) is 3.58. The van der Waals surface area contributed by atoms with E-state index in [0.717, 1.165) is 10.6 Å². The van der Waals surface area contributed by atoms with E-state index in [1.165, 1.54) is 35.3 Å². The van der Waals surface area contributed by atoms with Crippen LogP contribution in [-0.2, 0) is 12.8 Å². The molecule has 1 aliphatic rings. The normalized spacial score (nSPS) is 15.3. The second kappa shape index (κ2) is 5.35. The Morgan fingerprint density at radius 3 is 2.89 bits per heavy atom. The maximum absolute atomic E-state index is 9.78. The van der Waals surface area contributed by atoms with E-state index in [1.807, 2.05) is 12.1 Å². The number of nitrogens with zero attached hydrogens (tertiary/aromatic N) is 1. The van der Waals surface area contributed by atoms with Crippen LogP contribution in [0.15, 0.2) is 46.5 Å². The van der Waals surface area contributed by atoms with Gasteiger partial charge in [0.15, 0.2) is 0 Å². The molecular weight excluding hydrogens is 254 g/mol. The summed E-state index contributed by atoms with van der Waals surface area (Å²) in [6.45, 7) is 1.78. The lowest BCUT2D eigenvalue weighted by Crippen LogP contribution is -1.96. The molecule has 0 saturated heterocycles. The molecule has 0 aliphatic heterocycles. The van der Waals surface area contributed by atoms with Gasteiger partial charge in [0, 0.05) is 16.7 Å². The number of aryl methyl sites for hydroxylation is 2. The second-order valence-electron chi connectivity index (χ2n) is 4.96. The predicted molar refractivity (Wildman–Crippen MR) is 77.5 cm³/mol. The summed E-state index contributed by atoms with van der Waals surface area (Å²) in [7, 11) is 0. The van der Waals surface area contributed by atoms with E-state index in [1.54, 1.807) is 24.9 Å². The molecule has 0 unspecified atom stereocenters. The zero-order valence-corrected chi connectivity index (χ0v) is 11.8. The summed E-state index contributed by atoms with van der Waals surface area (Å²) in [6, 6.07) is 10.5. The summed E-state index contributed by atoms with van der Waals surface area (Å²) in [5.74, 6) is 0. The van der Waals surface area contributed by atoms with Crippen molar-refractivity contribution in [3.63, 3.8) is 0 Å². The molecule has 1 N–H and O–H groups in total. The van der Waals surface area contributed by atoms with Crippen molar-refractivity contribution in [2.24, 2.45) is 0 Å². The smallest absolute Gasteiger partial charge is 0.106 e. The first kappa shape index (κ1) is 12.7. The van der Waals surface area contributed by atoms with Gasteiger partial charge in [-0.1, -0.05) is 23.9 Å². The Labute approximate surface area is 117 Å². The molecule has 0 bridgehead atoms. The van der Waals surface area contributed by atoms with Crippen molar-refractivity contribution < 1.29 is 5.11 Å². The lowest BCUT2D eigenvalue weighted by molar-refractivity contribution is 0.195. The quantitative estimate of drug-likeness (QED) is 0.922. The van der Waals surface area contributed by atoms with Crippen LogP contribution >= 0.6 is 11.8 Å². The van der Waals surface area contributed by atoms with Crippen molar-refractivity contribution in [2.75, 3.05) is 0 Å². The van der Waals surface area contributed by atoms with Crippen molar-refractivity contribution in [1.82, 2.24) is 4.98 Å². The molecule has 19 heavy (non-hydrogen) atoms. The molecule has 0 fully saturated rings. The average Bonchev–Trinajstić information content (AvgIpc) is 2.86. The Morgan fingerprint density at radius 1 is 1.21 bits per heavy atom. The van der Waals surface area contributed by atoms with Gasteiger partial charge >= 0.3 is 0 Å². The zero-order chi connectivity index (χ0) is 13.2. The van der Waals surface area contributed by atoms with Crippen LogP contribution in [0.2, 0.25) is 0 Å². The number of benzene rings is 1. The first-order chi connectivity index (χ1) is 9.24. The van der Waals surface area contributed by atoms with Gasteiger partial charge in [-0.25, -0.2) is 4.98 Å². The lowest BCUT2D eigenvalue weighted by atomic mass is 10.1. The minimum Gasteiger partial charge on any atom is -0.389 e. The molecular formula is C16H17NOS. The predicted octanol–water partition coefficient (Wildman–Crippen LogP) is 3.77. The molecule has 1 aromatic carbocycles. The van der Waals surface area contributed by atoms with Crippen LogP contribution in [-0.4, -0.2) is 10.1 Å². The Hall–Kier alpha value is -1.32. The van der Waals surface area contributed by atoms with Crippen LogP contribution in [0.3, 0.4) is 0 Å². The summed E-state index contributed by atoms with van der Waals surface area (Å²) in [6.07, 6.45) is 4.97. The summed E-state index contributed by atoms with van der Waals surface area (Å²) in [5, 5.41) is 10.7. The van der Waals surface area contributed by atoms with E-state index in [0.29, 0.717) is 0 Å². The Bertz CT molecular complexity index is 595. The first-order valence-electron chi connectivity index (χ1n) is 6.66. The lowest BCUT2D eigenvalue weighted by Gasteiger charge is -2.10. The van der Waals surface area contributed by atoms with E-state index < -0.39 is 6.10 Å². The number of aliphatic hydroxyl groups is 1. The summed E-state index contributed by atoms with van der Waals surface area (Å²) < 4.78 is 0. The van der Waals surface area contributed by atoms with Crippen molar-refractivity contribution in [1.29, 1.82) is 0 Å². The molecule has 1 aromatic heterocycles. The maximum atomic E-state index is 9.78. The Morgan fingerprint density at radius 2 is 2.05 bits per heavy atom. The first-order valence-corrected chi connectivity index (χ1v) is 7.48. The molecule has 0 saturated carbocycles. The molecule has 98 valence electrons. The van der Waals surface area contributed by atoms with E-state index in [2.05, 4.69) is 23.2 Å². The number of rotatable bonds is 3. The monoisotopic (exact) mass is 271 g/mol. The molecule has 1 heterocycles. The van der Waals surface area contributed by atoms with Gasteiger partial charge < -0.3 is 5.11 Å². The molecule has 2 nitrogen and oxygen atoms in total. The standard InChI is InChI=1S/C16H17NOS/c1-11(18)15-6-3-9-17-16(15)19-14-8-7-12-4-2-5-13(12)10-14/h3,6-11,18H,2,4-5H2,1H3/t11-/m0/s1. The SMILES string of the molecule is C[C@H](O)c1cccnc1Sc1ccc2c(c1)CCC2. The van der Waals surface area contributed by atoms with E-state index >= 15 is 0 Å². The summed E-state index contributed by atoms with van der Waals surface area (Å²) in [5.41, 5.74) is 3.86. The number of hydrogen-bond donors (Lipinski definition) is 1. The number of pyridine rings is 1. The molecule has 3 heteroatoms. The summed E-state index contributed by atoms with van der Waals surface area (Å²) >= 11 is 1.64. The molecule has 1 aliphatic carbocycles. The number of fused-ring (bicyclic) bond motifs is 1. The van der Waals surface area contributed by atoms with Crippen molar-refractivity contribution >= 4 is 11.8 Å². The third kappa shape index (κ3) is 2.67. The van der Waals surface area contributed by atoms with Crippen LogP contribution in [0, 0.1) is 0 Å². The van der Waals surface area contributed by atoms with Crippen molar-refractivity contribution in [3.05, 3.63) is 53.2 Å². The number of hydrogen-bond acceptors (Lipinski definition) is 3. The highest BCUT2D eigenvalue weighted by Crippen LogP contribution is 2.34. The van der Waals surface area contributed by atoms with Gasteiger partial charge in [-0.15, -0.1) is 0 Å². The number of aliphatic hydroxyl groups excluding tert-OH is 1. The fraction of sp³-hybridized carbons (Fsp3) is 0.312. The highest BCUT2D eigenvalue weighted by atomic mass is 32.2. The highest BCUT2D eigenvalue weighted by Gasteiger charge is 2.13. The van der Waals surface area contributed by atoms with Crippen molar-refractivity contribution in [3.8, 4) is 0 Å². The molecule has 0 radical (unpaired) electrons. The third-order valence-corrected chi connectivity index (χ3v) is 4.56. The second-order valence-corrected chi connectivity index (χ2v) is 6.02. The minimum atomic E-state index is -0.481. The highest BCUT2D eigenvalue weighted by molar-refractivity contribution is 7.99. The van der Waals surface area contributed by atoms with Crippen LogP contribution in [0.4, 0.5) is 0 Å². The van der Waals surface area contributed by atoms with Gasteiger partial charge in [0.1, 0.15) is 5.03 Å². The summed E-state index contributed by atoms with van der Waals surface area (Å²) in [4.78, 5) is 5.60. The molecule has 0 spiro atoms. The van der Waals surface area contributed by atoms with Crippen LogP contribution in [0.1, 0.15) is 36.1 Å². The van der Waals surface area contributed by atoms with Crippen LogP contribution < -0.4 is 0 Å². The van der Waals surface area contributed by atoms with Crippen molar-refractivity contribution in [2.45, 2.75) is 42.2 Å². The molecule has 3 rings (SSSR count). The largest absolute Gasteiger partial charge is 0.389 e. The van der Waals surface area contributed by atoms with Crippen LogP contribution in [0.25, 0.3) is 0 Å². The van der Waals surface area contributed by atoms with Gasteiger partial charge in [0.25, 0.3) is 0 Å². The van der Waals surface area contributed by atoms with E-state index in [4.69, 9.17) is 0 Å². The van der Waals surface area contributed by atoms with Gasteiger partial charge in [-0.2, -0.15) is 0 Å². The third-order valence-electron chi connectivity index (χ3n) is 3.54. The maximum Gasteiger partial charge on any atom is 0.106 e. The molecule has 2 aromatic rings. The van der Waals surface area contributed by atoms with E-state index in [-0.39, 0.29) is 0 Å². The van der Waals surface area contributed by atoms with Gasteiger partial charge in [0.2, 0.25) is 0 Å². The van der Waals surface area contributed by atoms with Gasteiger partial charge in [-0.3, -0.25) is 0 Å². The van der Waals surface area contributed by atoms with Crippen LogP contribution in [0.5, 0.6) is 0 Å². The molecule has 0 amide bonds. The Balaban J connectivity index is 1.89. The number of aromatic nitrogens is 1.